The molecular formula is C27H22N2O2S. The number of ether oxygens (including phenoxy) is 1. The molecule has 0 aliphatic heterocycles. The number of benzene rings is 4. The second-order valence-corrected chi connectivity index (χ2v) is 8.60. The fourth-order valence-corrected chi connectivity index (χ4v) is 4.97. The lowest BCUT2D eigenvalue weighted by Crippen LogP contribution is -2.22. The Labute approximate surface area is 190 Å². The molecule has 0 aliphatic rings. The predicted molar refractivity (Wildman–Crippen MR) is 132 cm³/mol. The van der Waals surface area contributed by atoms with Gasteiger partial charge in [-0.05, 0) is 53.1 Å². The summed E-state index contributed by atoms with van der Waals surface area (Å²) in [5.74, 6) is 1.34. The highest BCUT2D eigenvalue weighted by molar-refractivity contribution is 7.98. The highest BCUT2D eigenvalue weighted by Crippen LogP contribution is 2.31. The Bertz CT molecular complexity index is 1500. The number of methoxy groups -OCH3 is 1. The fraction of sp³-hybridized carbons (Fsp3) is 0.111. The Balaban J connectivity index is 1.68. The number of para-hydroxylation sites is 1. The number of hydrogen-bond acceptors (Lipinski definition) is 4. The molecule has 0 N–H and O–H groups in total. The molecule has 1 heterocycles. The lowest BCUT2D eigenvalue weighted by Gasteiger charge is -2.16. The van der Waals surface area contributed by atoms with Gasteiger partial charge in [0.1, 0.15) is 5.75 Å². The molecule has 0 radical (unpaired) electrons. The van der Waals surface area contributed by atoms with Crippen LogP contribution in [-0.2, 0) is 5.75 Å². The number of fused-ring (bicyclic) bond motifs is 2. The molecule has 158 valence electrons. The van der Waals surface area contributed by atoms with Crippen molar-refractivity contribution in [3.05, 3.63) is 106 Å². The third kappa shape index (κ3) is 3.65. The van der Waals surface area contributed by atoms with E-state index in [-0.39, 0.29) is 5.56 Å². The number of aromatic nitrogens is 2. The van der Waals surface area contributed by atoms with Crippen molar-refractivity contribution in [1.29, 1.82) is 0 Å². The van der Waals surface area contributed by atoms with E-state index >= 15 is 0 Å². The Morgan fingerprint density at radius 3 is 2.50 bits per heavy atom. The SMILES string of the molecule is COc1ccc(C)cc1-n1c(SCc2cccc3ccccc23)nc2ccccc2c1=O. The van der Waals surface area contributed by atoms with Crippen molar-refractivity contribution in [1.82, 2.24) is 9.55 Å². The standard InChI is InChI=1S/C27H22N2O2S/c1-18-14-15-25(31-2)24(16-18)29-26(30)22-12-5-6-13-23(22)28-27(29)32-17-20-10-7-9-19-8-3-4-11-21(19)20/h3-16H,17H2,1-2H3. The van der Waals surface area contributed by atoms with Gasteiger partial charge in [-0.15, -0.1) is 0 Å². The first-order chi connectivity index (χ1) is 15.7. The van der Waals surface area contributed by atoms with Crippen LogP contribution in [0.25, 0.3) is 27.4 Å². The molecular weight excluding hydrogens is 416 g/mol. The summed E-state index contributed by atoms with van der Waals surface area (Å²) in [4.78, 5) is 18.5. The zero-order chi connectivity index (χ0) is 22.1. The largest absolute Gasteiger partial charge is 0.495 e. The number of thioether (sulfide) groups is 1. The highest BCUT2D eigenvalue weighted by Gasteiger charge is 2.17. The van der Waals surface area contributed by atoms with Gasteiger partial charge in [-0.3, -0.25) is 9.36 Å². The summed E-state index contributed by atoms with van der Waals surface area (Å²) < 4.78 is 7.28. The zero-order valence-electron chi connectivity index (χ0n) is 17.9. The molecule has 4 nitrogen and oxygen atoms in total. The van der Waals surface area contributed by atoms with E-state index < -0.39 is 0 Å². The summed E-state index contributed by atoms with van der Waals surface area (Å²) >= 11 is 1.56. The first kappa shape index (κ1) is 20.3. The Morgan fingerprint density at radius 2 is 1.66 bits per heavy atom. The van der Waals surface area contributed by atoms with E-state index in [0.29, 0.717) is 33.2 Å². The number of nitrogens with zero attached hydrogens (tertiary/aromatic N) is 2. The van der Waals surface area contributed by atoms with E-state index in [1.807, 2.05) is 55.5 Å². The van der Waals surface area contributed by atoms with Crippen molar-refractivity contribution in [2.75, 3.05) is 7.11 Å². The minimum Gasteiger partial charge on any atom is -0.495 e. The second kappa shape index (κ2) is 8.52. The lowest BCUT2D eigenvalue weighted by molar-refractivity contribution is 0.411. The molecule has 32 heavy (non-hydrogen) atoms. The molecule has 0 saturated heterocycles. The monoisotopic (exact) mass is 438 g/mol. The summed E-state index contributed by atoms with van der Waals surface area (Å²) in [6.45, 7) is 2.01. The average Bonchev–Trinajstić information content (AvgIpc) is 2.83. The lowest BCUT2D eigenvalue weighted by atomic mass is 10.1. The van der Waals surface area contributed by atoms with Crippen LogP contribution in [-0.4, -0.2) is 16.7 Å². The van der Waals surface area contributed by atoms with Gasteiger partial charge < -0.3 is 4.74 Å². The molecule has 5 heteroatoms. The summed E-state index contributed by atoms with van der Waals surface area (Å²) in [5, 5.41) is 3.65. The number of aryl methyl sites for hydroxylation is 1. The van der Waals surface area contributed by atoms with Gasteiger partial charge in [0.05, 0.1) is 23.7 Å². The first-order valence-corrected chi connectivity index (χ1v) is 11.4. The van der Waals surface area contributed by atoms with Gasteiger partial charge in [-0.1, -0.05) is 72.4 Å². The molecule has 0 unspecified atom stereocenters. The molecule has 4 aromatic carbocycles. The van der Waals surface area contributed by atoms with Gasteiger partial charge in [-0.2, -0.15) is 0 Å². The molecule has 5 aromatic rings. The van der Waals surface area contributed by atoms with Gasteiger partial charge in [0, 0.05) is 5.75 Å². The number of hydrogen-bond donors (Lipinski definition) is 0. The van der Waals surface area contributed by atoms with Crippen LogP contribution in [0.4, 0.5) is 0 Å². The van der Waals surface area contributed by atoms with Crippen molar-refractivity contribution < 1.29 is 4.74 Å². The summed E-state index contributed by atoms with van der Waals surface area (Å²) in [7, 11) is 1.62. The molecule has 1 aromatic heterocycles. The maximum Gasteiger partial charge on any atom is 0.266 e. The summed E-state index contributed by atoms with van der Waals surface area (Å²) in [6.07, 6.45) is 0. The topological polar surface area (TPSA) is 44.1 Å². The van der Waals surface area contributed by atoms with Crippen molar-refractivity contribution in [2.45, 2.75) is 17.8 Å². The molecule has 0 aliphatic carbocycles. The van der Waals surface area contributed by atoms with E-state index in [4.69, 9.17) is 9.72 Å². The van der Waals surface area contributed by atoms with Crippen LogP contribution >= 0.6 is 11.8 Å². The molecule has 0 amide bonds. The summed E-state index contributed by atoms with van der Waals surface area (Å²) in [6, 6.07) is 28.0. The number of rotatable bonds is 5. The molecule has 0 bridgehead atoms. The Kier molecular flexibility index (Phi) is 5.41. The van der Waals surface area contributed by atoms with Crippen molar-refractivity contribution in [2.24, 2.45) is 0 Å². The summed E-state index contributed by atoms with van der Waals surface area (Å²) in [5.41, 5.74) is 3.56. The van der Waals surface area contributed by atoms with E-state index in [0.717, 1.165) is 5.56 Å². The smallest absolute Gasteiger partial charge is 0.266 e. The zero-order valence-corrected chi connectivity index (χ0v) is 18.7. The van der Waals surface area contributed by atoms with Gasteiger partial charge in [0.25, 0.3) is 5.56 Å². The second-order valence-electron chi connectivity index (χ2n) is 7.65. The minimum atomic E-state index is -0.0973. The van der Waals surface area contributed by atoms with Gasteiger partial charge >= 0.3 is 0 Å². The maximum atomic E-state index is 13.6. The van der Waals surface area contributed by atoms with Crippen molar-refractivity contribution >= 4 is 33.4 Å². The minimum absolute atomic E-state index is 0.0973. The van der Waals surface area contributed by atoms with Crippen LogP contribution in [0.15, 0.2) is 94.9 Å². The third-order valence-electron chi connectivity index (χ3n) is 5.56. The normalized spacial score (nSPS) is 11.2. The van der Waals surface area contributed by atoms with E-state index in [1.165, 1.54) is 16.3 Å². The Morgan fingerprint density at radius 1 is 0.906 bits per heavy atom. The molecule has 5 rings (SSSR count). The van der Waals surface area contributed by atoms with Gasteiger partial charge in [0.15, 0.2) is 5.16 Å². The van der Waals surface area contributed by atoms with Crippen molar-refractivity contribution in [3.63, 3.8) is 0 Å². The molecule has 0 spiro atoms. The fourth-order valence-electron chi connectivity index (χ4n) is 3.96. The maximum absolute atomic E-state index is 13.6. The highest BCUT2D eigenvalue weighted by atomic mass is 32.2. The van der Waals surface area contributed by atoms with Crippen LogP contribution in [0.5, 0.6) is 5.75 Å². The van der Waals surface area contributed by atoms with Crippen LogP contribution in [0, 0.1) is 6.92 Å². The van der Waals surface area contributed by atoms with E-state index in [2.05, 4.69) is 36.4 Å². The van der Waals surface area contributed by atoms with Crippen LogP contribution in [0.2, 0.25) is 0 Å². The average molecular weight is 439 g/mol. The quantitative estimate of drug-likeness (QED) is 0.244. The van der Waals surface area contributed by atoms with Gasteiger partial charge in [0.2, 0.25) is 0 Å². The van der Waals surface area contributed by atoms with Crippen molar-refractivity contribution in [3.8, 4) is 11.4 Å². The van der Waals surface area contributed by atoms with Crippen LogP contribution in [0.3, 0.4) is 0 Å². The van der Waals surface area contributed by atoms with Crippen LogP contribution < -0.4 is 10.3 Å². The van der Waals surface area contributed by atoms with E-state index in [1.54, 1.807) is 23.4 Å². The van der Waals surface area contributed by atoms with Gasteiger partial charge in [-0.25, -0.2) is 4.98 Å². The predicted octanol–water partition coefficient (Wildman–Crippen LogP) is 6.15. The molecule has 0 atom stereocenters. The van der Waals surface area contributed by atoms with E-state index in [9.17, 15) is 4.79 Å². The molecule has 0 fully saturated rings. The van der Waals surface area contributed by atoms with Crippen LogP contribution in [0.1, 0.15) is 11.1 Å². The Hall–Kier alpha value is -3.57. The third-order valence-corrected chi connectivity index (χ3v) is 6.54. The molecule has 0 saturated carbocycles. The first-order valence-electron chi connectivity index (χ1n) is 10.4.